The lowest BCUT2D eigenvalue weighted by atomic mass is 9.83. The Labute approximate surface area is 389 Å². The first kappa shape index (κ1) is 39.6. The minimum atomic E-state index is 0.644. The number of benzene rings is 9. The largest absolute Gasteiger partial charge is 0.455 e. The normalized spacial score (nSPS) is 11.3. The number of hydrogen-bond donors (Lipinski definition) is 0. The molecule has 0 amide bonds. The minimum Gasteiger partial charge on any atom is -0.455 e. The number of aromatic nitrogens is 3. The second-order valence-electron chi connectivity index (χ2n) is 16.7. The van der Waals surface area contributed by atoms with E-state index in [0.29, 0.717) is 5.82 Å². The molecule has 0 saturated heterocycles. The van der Waals surface area contributed by atoms with Gasteiger partial charge in [-0.2, -0.15) is 0 Å². The van der Waals surface area contributed by atoms with Crippen LogP contribution in [0.25, 0.3) is 123 Å². The van der Waals surface area contributed by atoms with E-state index >= 15 is 0 Å². The van der Waals surface area contributed by atoms with Crippen molar-refractivity contribution >= 4 is 21.9 Å². The smallest absolute Gasteiger partial charge is 0.160 e. The van der Waals surface area contributed by atoms with E-state index in [2.05, 4.69) is 231 Å². The van der Waals surface area contributed by atoms with Gasteiger partial charge in [0, 0.05) is 60.8 Å². The van der Waals surface area contributed by atoms with Crippen molar-refractivity contribution in [3.05, 3.63) is 249 Å². The third-order valence-corrected chi connectivity index (χ3v) is 12.5. The second kappa shape index (κ2) is 17.2. The molecule has 0 aliphatic heterocycles. The molecule has 0 radical (unpaired) electrons. The molecule has 0 saturated carbocycles. The highest BCUT2D eigenvalue weighted by molar-refractivity contribution is 6.10. The number of para-hydroxylation sites is 2. The van der Waals surface area contributed by atoms with Crippen molar-refractivity contribution in [1.82, 2.24) is 15.0 Å². The maximum atomic E-state index is 6.47. The summed E-state index contributed by atoms with van der Waals surface area (Å²) < 4.78 is 6.47. The monoisotopic (exact) mass is 855 g/mol. The van der Waals surface area contributed by atoms with Crippen molar-refractivity contribution in [3.63, 3.8) is 0 Å². The summed E-state index contributed by atoms with van der Waals surface area (Å²) in [6, 6.07) is 86.8. The van der Waals surface area contributed by atoms with Gasteiger partial charge >= 0.3 is 0 Å². The zero-order valence-corrected chi connectivity index (χ0v) is 36.4. The van der Waals surface area contributed by atoms with E-state index in [1.54, 1.807) is 0 Å². The Balaban J connectivity index is 1.04. The van der Waals surface area contributed by atoms with E-state index in [-0.39, 0.29) is 0 Å². The highest BCUT2D eigenvalue weighted by atomic mass is 16.3. The molecule has 4 nitrogen and oxygen atoms in total. The lowest BCUT2D eigenvalue weighted by molar-refractivity contribution is 0.670. The van der Waals surface area contributed by atoms with E-state index < -0.39 is 0 Å². The summed E-state index contributed by atoms with van der Waals surface area (Å²) in [7, 11) is 0. The van der Waals surface area contributed by atoms with E-state index in [9.17, 15) is 0 Å². The molecule has 0 N–H and O–H groups in total. The van der Waals surface area contributed by atoms with Gasteiger partial charge in [0.05, 0.1) is 22.8 Å². The van der Waals surface area contributed by atoms with Gasteiger partial charge in [-0.25, -0.2) is 15.0 Å². The minimum absolute atomic E-state index is 0.644. The van der Waals surface area contributed by atoms with Crippen LogP contribution in [0.1, 0.15) is 0 Å². The van der Waals surface area contributed by atoms with Gasteiger partial charge in [0.1, 0.15) is 11.2 Å². The average molecular weight is 856 g/mol. The lowest BCUT2D eigenvalue weighted by Gasteiger charge is -2.23. The molecule has 67 heavy (non-hydrogen) atoms. The van der Waals surface area contributed by atoms with E-state index in [1.807, 2.05) is 18.2 Å². The third-order valence-electron chi connectivity index (χ3n) is 12.5. The van der Waals surface area contributed by atoms with Crippen LogP contribution >= 0.6 is 0 Å². The molecule has 3 heterocycles. The molecule has 12 aromatic rings. The molecule has 9 aromatic carbocycles. The van der Waals surface area contributed by atoms with E-state index in [0.717, 1.165) is 117 Å². The Morgan fingerprint density at radius 3 is 1.27 bits per heavy atom. The molecule has 0 bridgehead atoms. The lowest BCUT2D eigenvalue weighted by Crippen LogP contribution is -2.01. The maximum absolute atomic E-state index is 6.47. The molecule has 0 aliphatic rings. The summed E-state index contributed by atoms with van der Waals surface area (Å²) in [5.41, 5.74) is 18.9. The number of hydrogen-bond acceptors (Lipinski definition) is 4. The van der Waals surface area contributed by atoms with Crippen LogP contribution in [0, 0.1) is 0 Å². The van der Waals surface area contributed by atoms with Gasteiger partial charge in [-0.3, -0.25) is 0 Å². The van der Waals surface area contributed by atoms with Crippen LogP contribution in [0.4, 0.5) is 0 Å². The fourth-order valence-corrected chi connectivity index (χ4v) is 9.34. The fourth-order valence-electron chi connectivity index (χ4n) is 9.34. The van der Waals surface area contributed by atoms with Crippen molar-refractivity contribution in [1.29, 1.82) is 0 Å². The van der Waals surface area contributed by atoms with Crippen LogP contribution in [0.15, 0.2) is 253 Å². The Bertz CT molecular complexity index is 3600. The van der Waals surface area contributed by atoms with Crippen LogP contribution in [0.3, 0.4) is 0 Å². The van der Waals surface area contributed by atoms with Gasteiger partial charge in [-0.05, 0) is 40.5 Å². The average Bonchev–Trinajstić information content (AvgIpc) is 3.81. The number of rotatable bonds is 9. The summed E-state index contributed by atoms with van der Waals surface area (Å²) in [6.07, 6.45) is 0. The van der Waals surface area contributed by atoms with Crippen molar-refractivity contribution in [2.75, 3.05) is 0 Å². The predicted octanol–water partition coefficient (Wildman–Crippen LogP) is 16.8. The maximum Gasteiger partial charge on any atom is 0.160 e. The standard InChI is InChI=1S/C63H41N3O/c1-6-20-42(21-7-1)54-41-55(65-63(64-54)50-31-18-30-49(40-50)51-33-19-34-53-52-32-16-17-35-56(52)67-62(51)53)43-36-38-46(39-37-43)57-58(44-22-8-2-9-23-44)60(47-26-12-4-13-27-47)66-61(48-28-14-5-15-29-48)59(57)45-24-10-3-11-25-45/h1-41H. The van der Waals surface area contributed by atoms with Crippen LogP contribution in [0.5, 0.6) is 0 Å². The molecule has 0 spiro atoms. The highest BCUT2D eigenvalue weighted by Crippen LogP contribution is 2.49. The Morgan fingerprint density at radius 2 is 0.687 bits per heavy atom. The zero-order valence-electron chi connectivity index (χ0n) is 36.4. The van der Waals surface area contributed by atoms with Gasteiger partial charge < -0.3 is 4.42 Å². The molecule has 0 atom stereocenters. The number of nitrogens with zero attached hydrogens (tertiary/aromatic N) is 3. The van der Waals surface area contributed by atoms with Gasteiger partial charge in [-0.15, -0.1) is 0 Å². The molecular weight excluding hydrogens is 815 g/mol. The highest BCUT2D eigenvalue weighted by Gasteiger charge is 2.25. The summed E-state index contributed by atoms with van der Waals surface area (Å²) >= 11 is 0. The third kappa shape index (κ3) is 7.47. The Kier molecular flexibility index (Phi) is 10.2. The Morgan fingerprint density at radius 1 is 0.269 bits per heavy atom. The van der Waals surface area contributed by atoms with Crippen LogP contribution in [0.2, 0.25) is 0 Å². The summed E-state index contributed by atoms with van der Waals surface area (Å²) in [5.74, 6) is 0.644. The topological polar surface area (TPSA) is 51.8 Å². The van der Waals surface area contributed by atoms with Gasteiger partial charge in [0.25, 0.3) is 0 Å². The van der Waals surface area contributed by atoms with E-state index in [4.69, 9.17) is 19.4 Å². The molecule has 3 aromatic heterocycles. The van der Waals surface area contributed by atoms with E-state index in [1.165, 1.54) is 0 Å². The van der Waals surface area contributed by atoms with Gasteiger partial charge in [0.15, 0.2) is 5.82 Å². The predicted molar refractivity (Wildman–Crippen MR) is 276 cm³/mol. The van der Waals surface area contributed by atoms with Crippen LogP contribution in [-0.2, 0) is 0 Å². The quantitative estimate of drug-likeness (QED) is 0.145. The summed E-state index contributed by atoms with van der Waals surface area (Å²) in [4.78, 5) is 16.2. The Hall–Kier alpha value is -8.99. The molecule has 0 fully saturated rings. The second-order valence-corrected chi connectivity index (χ2v) is 16.7. The SMILES string of the molecule is c1ccc(-c2cc(-c3ccc(-c4c(-c5ccccc5)c(-c5ccccc5)nc(-c5ccccc5)c4-c4ccccc4)cc3)nc(-c3cccc(-c4cccc5c4oc4ccccc45)c3)n2)cc1. The number of pyridine rings is 1. The van der Waals surface area contributed by atoms with Crippen molar-refractivity contribution in [2.24, 2.45) is 0 Å². The summed E-state index contributed by atoms with van der Waals surface area (Å²) in [5, 5.41) is 2.20. The van der Waals surface area contributed by atoms with Crippen molar-refractivity contribution < 1.29 is 4.42 Å². The molecule has 12 rings (SSSR count). The molecular formula is C63H41N3O. The fraction of sp³-hybridized carbons (Fsp3) is 0. The van der Waals surface area contributed by atoms with Crippen LogP contribution in [-0.4, -0.2) is 15.0 Å². The van der Waals surface area contributed by atoms with Gasteiger partial charge in [-0.1, -0.05) is 231 Å². The molecule has 314 valence electrons. The summed E-state index contributed by atoms with van der Waals surface area (Å²) in [6.45, 7) is 0. The zero-order chi connectivity index (χ0) is 44.5. The number of furan rings is 1. The first-order valence-electron chi connectivity index (χ1n) is 22.6. The molecule has 4 heteroatoms. The molecule has 0 aliphatic carbocycles. The van der Waals surface area contributed by atoms with Crippen molar-refractivity contribution in [3.8, 4) is 101 Å². The van der Waals surface area contributed by atoms with Crippen LogP contribution < -0.4 is 0 Å². The number of fused-ring (bicyclic) bond motifs is 3. The van der Waals surface area contributed by atoms with Gasteiger partial charge in [0.2, 0.25) is 0 Å². The molecule has 0 unspecified atom stereocenters. The van der Waals surface area contributed by atoms with Crippen molar-refractivity contribution in [2.45, 2.75) is 0 Å². The first-order chi connectivity index (χ1) is 33.2. The first-order valence-corrected chi connectivity index (χ1v) is 22.6.